The molecule has 2 heteroatoms. The third kappa shape index (κ3) is 1.48. The Hall–Kier alpha value is -0.110. The molecular weight excluding hydrogens is 131 g/mol. The molecular formula is C8H15FO. The molecule has 0 saturated heterocycles. The number of alkyl halides is 1. The number of hydrogen-bond donors (Lipinski definition) is 1. The van der Waals surface area contributed by atoms with Gasteiger partial charge in [-0.3, -0.25) is 0 Å². The van der Waals surface area contributed by atoms with Crippen molar-refractivity contribution in [1.82, 2.24) is 0 Å². The van der Waals surface area contributed by atoms with E-state index in [1.807, 2.05) is 6.92 Å². The summed E-state index contributed by atoms with van der Waals surface area (Å²) in [5, 5.41) is 9.09. The van der Waals surface area contributed by atoms with Crippen LogP contribution in [-0.2, 0) is 0 Å². The predicted octanol–water partition coefficient (Wildman–Crippen LogP) is 1.75. The van der Waals surface area contributed by atoms with Crippen molar-refractivity contribution in [3.63, 3.8) is 0 Å². The van der Waals surface area contributed by atoms with Gasteiger partial charge in [0.15, 0.2) is 0 Å². The molecule has 0 aliphatic heterocycles. The van der Waals surface area contributed by atoms with Crippen molar-refractivity contribution >= 4 is 0 Å². The van der Waals surface area contributed by atoms with Gasteiger partial charge < -0.3 is 5.11 Å². The quantitative estimate of drug-likeness (QED) is 0.552. The van der Waals surface area contributed by atoms with Crippen LogP contribution in [0.3, 0.4) is 0 Å². The minimum atomic E-state index is -0.980. The second-order valence-corrected chi connectivity index (χ2v) is 3.51. The van der Waals surface area contributed by atoms with Gasteiger partial charge in [0.25, 0.3) is 0 Å². The first-order valence-electron chi connectivity index (χ1n) is 3.93. The number of aliphatic hydroxyl groups excluding tert-OH is 1. The molecule has 0 aromatic rings. The van der Waals surface area contributed by atoms with Crippen molar-refractivity contribution in [2.45, 2.75) is 39.0 Å². The Morgan fingerprint density at radius 2 is 1.70 bits per heavy atom. The highest BCUT2D eigenvalue weighted by molar-refractivity contribution is 4.81. The highest BCUT2D eigenvalue weighted by Gasteiger charge is 2.31. The van der Waals surface area contributed by atoms with Crippen molar-refractivity contribution in [2.24, 2.45) is 11.8 Å². The monoisotopic (exact) mass is 146 g/mol. The van der Waals surface area contributed by atoms with Crippen LogP contribution >= 0.6 is 0 Å². The zero-order valence-corrected chi connectivity index (χ0v) is 6.55. The van der Waals surface area contributed by atoms with Crippen LogP contribution in [-0.4, -0.2) is 17.4 Å². The van der Waals surface area contributed by atoms with Crippen molar-refractivity contribution in [2.75, 3.05) is 0 Å². The van der Waals surface area contributed by atoms with E-state index in [0.717, 1.165) is 0 Å². The lowest BCUT2D eigenvalue weighted by molar-refractivity contribution is 0.00437. The zero-order valence-electron chi connectivity index (χ0n) is 6.55. The molecule has 0 aromatic carbocycles. The summed E-state index contributed by atoms with van der Waals surface area (Å²) in [6, 6.07) is 0. The Balaban J connectivity index is 2.46. The molecule has 10 heavy (non-hydrogen) atoms. The van der Waals surface area contributed by atoms with Crippen LogP contribution in [0.5, 0.6) is 0 Å². The molecule has 1 aliphatic rings. The van der Waals surface area contributed by atoms with Crippen LogP contribution in [0.4, 0.5) is 4.39 Å². The lowest BCUT2D eigenvalue weighted by Gasteiger charge is -2.31. The van der Waals surface area contributed by atoms with Crippen LogP contribution in [0, 0.1) is 11.8 Å². The van der Waals surface area contributed by atoms with Crippen molar-refractivity contribution in [3.8, 4) is 0 Å². The molecule has 1 fully saturated rings. The first-order chi connectivity index (χ1) is 4.61. The second-order valence-electron chi connectivity index (χ2n) is 3.51. The Bertz CT molecular complexity index is 89.8. The maximum Gasteiger partial charge on any atom is 0.126 e. The maximum atomic E-state index is 12.8. The average Bonchev–Trinajstić information content (AvgIpc) is 1.84. The summed E-state index contributed by atoms with van der Waals surface area (Å²) in [7, 11) is 0. The molecule has 0 unspecified atom stereocenters. The largest absolute Gasteiger partial charge is 0.390 e. The van der Waals surface area contributed by atoms with Gasteiger partial charge in [-0.05, 0) is 24.7 Å². The summed E-state index contributed by atoms with van der Waals surface area (Å²) in [5.41, 5.74) is 0. The lowest BCUT2D eigenvalue weighted by Crippen LogP contribution is -2.34. The minimum Gasteiger partial charge on any atom is -0.390 e. The molecule has 4 atom stereocenters. The fourth-order valence-corrected chi connectivity index (χ4v) is 1.51. The fourth-order valence-electron chi connectivity index (χ4n) is 1.51. The third-order valence-electron chi connectivity index (χ3n) is 2.60. The maximum absolute atomic E-state index is 12.8. The van der Waals surface area contributed by atoms with E-state index < -0.39 is 12.3 Å². The Morgan fingerprint density at radius 1 is 1.20 bits per heavy atom. The Labute approximate surface area is 61.2 Å². The zero-order chi connectivity index (χ0) is 7.72. The van der Waals surface area contributed by atoms with Crippen LogP contribution < -0.4 is 0 Å². The van der Waals surface area contributed by atoms with Crippen molar-refractivity contribution < 1.29 is 9.50 Å². The van der Waals surface area contributed by atoms with Crippen LogP contribution in [0.25, 0.3) is 0 Å². The summed E-state index contributed by atoms with van der Waals surface area (Å²) in [6.07, 6.45) is -0.526. The van der Waals surface area contributed by atoms with E-state index in [9.17, 15) is 4.39 Å². The van der Waals surface area contributed by atoms with Crippen molar-refractivity contribution in [3.05, 3.63) is 0 Å². The summed E-state index contributed by atoms with van der Waals surface area (Å²) >= 11 is 0. The van der Waals surface area contributed by atoms with E-state index in [-0.39, 0.29) is 0 Å². The number of halogens is 1. The van der Waals surface area contributed by atoms with E-state index in [4.69, 9.17) is 5.11 Å². The third-order valence-corrected chi connectivity index (χ3v) is 2.60. The van der Waals surface area contributed by atoms with Gasteiger partial charge in [-0.15, -0.1) is 0 Å². The predicted molar refractivity (Wildman–Crippen MR) is 38.5 cm³/mol. The molecule has 0 amide bonds. The van der Waals surface area contributed by atoms with E-state index in [2.05, 4.69) is 6.92 Å². The Kier molecular flexibility index (Phi) is 2.29. The molecule has 0 spiro atoms. The average molecular weight is 146 g/mol. The topological polar surface area (TPSA) is 20.2 Å². The summed E-state index contributed by atoms with van der Waals surface area (Å²) < 4.78 is 12.8. The highest BCUT2D eigenvalue weighted by Crippen LogP contribution is 2.31. The number of rotatable bonds is 0. The van der Waals surface area contributed by atoms with Gasteiger partial charge in [-0.25, -0.2) is 4.39 Å². The molecule has 1 aliphatic carbocycles. The van der Waals surface area contributed by atoms with Crippen LogP contribution in [0.2, 0.25) is 0 Å². The van der Waals surface area contributed by atoms with Gasteiger partial charge >= 0.3 is 0 Å². The molecule has 0 heterocycles. The van der Waals surface area contributed by atoms with Crippen LogP contribution in [0.15, 0.2) is 0 Å². The fraction of sp³-hybridized carbons (Fsp3) is 1.00. The summed E-state index contributed by atoms with van der Waals surface area (Å²) in [6.45, 7) is 4.11. The van der Waals surface area contributed by atoms with Gasteiger partial charge in [0.05, 0.1) is 6.10 Å². The normalized spacial score (nSPS) is 49.2. The molecule has 60 valence electrons. The first kappa shape index (κ1) is 7.99. The van der Waals surface area contributed by atoms with Crippen molar-refractivity contribution in [1.29, 1.82) is 0 Å². The van der Waals surface area contributed by atoms with Gasteiger partial charge in [0.2, 0.25) is 0 Å². The molecule has 0 radical (unpaired) electrons. The van der Waals surface area contributed by atoms with E-state index in [1.54, 1.807) is 0 Å². The number of aliphatic hydroxyl groups is 1. The number of hydrogen-bond acceptors (Lipinski definition) is 1. The molecule has 0 bridgehead atoms. The molecule has 1 rings (SSSR count). The standard InChI is InChI=1S/C8H15FO/c1-5-3-7(9)8(10)4-6(5)2/h5-8,10H,3-4H2,1-2H3/t5-,6-,7+,8-/m1/s1. The Morgan fingerprint density at radius 3 is 2.20 bits per heavy atom. The molecule has 1 nitrogen and oxygen atoms in total. The summed E-state index contributed by atoms with van der Waals surface area (Å²) in [5.74, 6) is 0.903. The van der Waals surface area contributed by atoms with Crippen LogP contribution in [0.1, 0.15) is 26.7 Å². The second kappa shape index (κ2) is 2.87. The van der Waals surface area contributed by atoms with Gasteiger partial charge in [-0.2, -0.15) is 0 Å². The molecule has 1 saturated carbocycles. The smallest absolute Gasteiger partial charge is 0.126 e. The molecule has 1 N–H and O–H groups in total. The van der Waals surface area contributed by atoms with E-state index in [0.29, 0.717) is 24.7 Å². The van der Waals surface area contributed by atoms with E-state index >= 15 is 0 Å². The van der Waals surface area contributed by atoms with Gasteiger partial charge in [0, 0.05) is 0 Å². The van der Waals surface area contributed by atoms with Gasteiger partial charge in [-0.1, -0.05) is 13.8 Å². The minimum absolute atomic E-state index is 0.429. The first-order valence-corrected chi connectivity index (χ1v) is 3.93. The van der Waals surface area contributed by atoms with E-state index in [1.165, 1.54) is 0 Å². The van der Waals surface area contributed by atoms with Gasteiger partial charge in [0.1, 0.15) is 6.17 Å². The molecule has 0 aromatic heterocycles. The lowest BCUT2D eigenvalue weighted by atomic mass is 9.79. The SMILES string of the molecule is C[C@@H]1C[C@@H](O)[C@@H](F)C[C@H]1C. The highest BCUT2D eigenvalue weighted by atomic mass is 19.1. The summed E-state index contributed by atoms with van der Waals surface area (Å²) in [4.78, 5) is 0.